The van der Waals surface area contributed by atoms with Crippen LogP contribution < -0.4 is 10.6 Å². The third-order valence-corrected chi connectivity index (χ3v) is 4.17. The summed E-state index contributed by atoms with van der Waals surface area (Å²) in [7, 11) is 3.81. The van der Waals surface area contributed by atoms with Crippen LogP contribution in [0.3, 0.4) is 0 Å². The van der Waals surface area contributed by atoms with Crippen LogP contribution in [0.15, 0.2) is 24.3 Å². The Morgan fingerprint density at radius 1 is 0.788 bits per heavy atom. The fraction of sp³-hybridized carbons (Fsp3) is 0.636. The van der Waals surface area contributed by atoms with E-state index >= 15 is 0 Å². The van der Waals surface area contributed by atoms with E-state index in [-0.39, 0.29) is 50.7 Å². The summed E-state index contributed by atoms with van der Waals surface area (Å²) in [6, 6.07) is 0. The van der Waals surface area contributed by atoms with Crippen LogP contribution in [0.2, 0.25) is 0 Å². The van der Waals surface area contributed by atoms with E-state index in [0.717, 1.165) is 0 Å². The topological polar surface area (TPSA) is 132 Å². The zero-order chi connectivity index (χ0) is 25.4. The first-order chi connectivity index (χ1) is 15.4. The summed E-state index contributed by atoms with van der Waals surface area (Å²) in [5.41, 5.74) is -0.102. The van der Waals surface area contributed by atoms with Gasteiger partial charge in [-0.2, -0.15) is 0 Å². The molecule has 0 aliphatic heterocycles. The lowest BCUT2D eigenvalue weighted by Gasteiger charge is -2.29. The van der Waals surface area contributed by atoms with E-state index in [9.17, 15) is 19.2 Å². The average Bonchev–Trinajstić information content (AvgIpc) is 2.75. The van der Waals surface area contributed by atoms with Gasteiger partial charge in [-0.3, -0.25) is 0 Å². The molecule has 0 aromatic carbocycles. The average molecular weight is 472 g/mol. The molecule has 0 fully saturated rings. The first kappa shape index (κ1) is 29.9. The molecule has 0 rings (SSSR count). The van der Waals surface area contributed by atoms with Crippen molar-refractivity contribution in [1.82, 2.24) is 15.5 Å². The predicted molar refractivity (Wildman–Crippen MR) is 122 cm³/mol. The van der Waals surface area contributed by atoms with Crippen molar-refractivity contribution < 1.29 is 38.1 Å². The molecule has 0 aromatic heterocycles. The molecule has 0 saturated heterocycles. The van der Waals surface area contributed by atoms with Crippen molar-refractivity contribution in [2.75, 3.05) is 60.2 Å². The van der Waals surface area contributed by atoms with Crippen LogP contribution in [0.1, 0.15) is 27.2 Å². The Kier molecular flexibility index (Phi) is 14.2. The van der Waals surface area contributed by atoms with Gasteiger partial charge < -0.3 is 34.5 Å². The molecule has 0 aliphatic carbocycles. The number of rotatable bonds is 15. The Bertz CT molecular complexity index is 656. The van der Waals surface area contributed by atoms with Gasteiger partial charge in [-0.05, 0) is 40.9 Å². The van der Waals surface area contributed by atoms with Crippen molar-refractivity contribution in [3.63, 3.8) is 0 Å². The molecule has 0 aromatic rings. The summed E-state index contributed by atoms with van der Waals surface area (Å²) in [5.74, 6) is -1.07. The lowest BCUT2D eigenvalue weighted by molar-refractivity contribution is -0.139. The molecule has 0 radical (unpaired) electrons. The lowest BCUT2D eigenvalue weighted by Crippen LogP contribution is -2.39. The predicted octanol–water partition coefficient (Wildman–Crippen LogP) is 1.64. The van der Waals surface area contributed by atoms with Gasteiger partial charge in [0.15, 0.2) is 0 Å². The van der Waals surface area contributed by atoms with Crippen molar-refractivity contribution in [2.24, 2.45) is 5.41 Å². The van der Waals surface area contributed by atoms with Gasteiger partial charge in [-0.25, -0.2) is 19.2 Å². The van der Waals surface area contributed by atoms with E-state index in [4.69, 9.17) is 18.9 Å². The van der Waals surface area contributed by atoms with Crippen LogP contribution in [0.4, 0.5) is 9.59 Å². The maximum absolute atomic E-state index is 12.0. The fourth-order valence-electron chi connectivity index (χ4n) is 2.10. The largest absolute Gasteiger partial charge is 0.460 e. The highest BCUT2D eigenvalue weighted by Crippen LogP contribution is 2.23. The van der Waals surface area contributed by atoms with Gasteiger partial charge in [0.25, 0.3) is 0 Å². The maximum atomic E-state index is 12.0. The van der Waals surface area contributed by atoms with Crippen LogP contribution in [0.5, 0.6) is 0 Å². The Morgan fingerprint density at radius 3 is 1.52 bits per heavy atom. The van der Waals surface area contributed by atoms with E-state index in [1.807, 2.05) is 25.9 Å². The number of esters is 2. The van der Waals surface area contributed by atoms with Crippen molar-refractivity contribution in [3.05, 3.63) is 24.3 Å². The molecule has 2 amide bonds. The third kappa shape index (κ3) is 15.4. The number of amides is 2. The van der Waals surface area contributed by atoms with Gasteiger partial charge in [0.2, 0.25) is 0 Å². The molecule has 0 saturated carbocycles. The monoisotopic (exact) mass is 471 g/mol. The molecule has 11 nitrogen and oxygen atoms in total. The number of alkyl carbamates (subject to hydrolysis) is 2. The second kappa shape index (κ2) is 15.7. The zero-order valence-electron chi connectivity index (χ0n) is 20.3. The summed E-state index contributed by atoms with van der Waals surface area (Å²) >= 11 is 0. The standard InChI is InChI=1S/C22H37N3O8/c1-16(2)18(26)30-12-9-23-20(28)32-14-22(5,8-11-25(6)7)15-33-21(29)24-10-13-31-19(27)17(3)4/h1,3,8-15H2,2,4-7H3,(H,23,28)(H,24,29). The summed E-state index contributed by atoms with van der Waals surface area (Å²) in [6.07, 6.45) is -0.769. The van der Waals surface area contributed by atoms with E-state index in [0.29, 0.717) is 13.0 Å². The zero-order valence-corrected chi connectivity index (χ0v) is 20.3. The fourth-order valence-corrected chi connectivity index (χ4v) is 2.10. The SMILES string of the molecule is C=C(C)C(=O)OCCNC(=O)OCC(C)(CCN(C)C)COC(=O)NCCOC(=O)C(=C)C. The molecule has 188 valence electrons. The second-order valence-corrected chi connectivity index (χ2v) is 8.20. The van der Waals surface area contributed by atoms with Crippen molar-refractivity contribution in [2.45, 2.75) is 27.2 Å². The van der Waals surface area contributed by atoms with Gasteiger partial charge in [-0.1, -0.05) is 20.1 Å². The highest BCUT2D eigenvalue weighted by molar-refractivity contribution is 5.87. The molecule has 33 heavy (non-hydrogen) atoms. The number of hydrogen-bond acceptors (Lipinski definition) is 9. The van der Waals surface area contributed by atoms with Gasteiger partial charge in [0.1, 0.15) is 26.4 Å². The smallest absolute Gasteiger partial charge is 0.407 e. The number of nitrogens with one attached hydrogen (secondary N) is 2. The Morgan fingerprint density at radius 2 is 1.18 bits per heavy atom. The van der Waals surface area contributed by atoms with Gasteiger partial charge in [-0.15, -0.1) is 0 Å². The molecule has 0 spiro atoms. The summed E-state index contributed by atoms with van der Waals surface area (Å²) < 4.78 is 20.3. The quantitative estimate of drug-likeness (QED) is 0.158. The molecular formula is C22H37N3O8. The molecule has 2 N–H and O–H groups in total. The molecule has 0 aliphatic rings. The maximum Gasteiger partial charge on any atom is 0.407 e. The van der Waals surface area contributed by atoms with Gasteiger partial charge >= 0.3 is 24.1 Å². The van der Waals surface area contributed by atoms with Crippen LogP contribution in [-0.2, 0) is 28.5 Å². The molecule has 0 heterocycles. The molecule has 0 bridgehead atoms. The van der Waals surface area contributed by atoms with Crippen molar-refractivity contribution >= 4 is 24.1 Å². The van der Waals surface area contributed by atoms with Crippen LogP contribution >= 0.6 is 0 Å². The van der Waals surface area contributed by atoms with Crippen LogP contribution in [0.25, 0.3) is 0 Å². The molecule has 0 atom stereocenters. The van der Waals surface area contributed by atoms with Crippen LogP contribution in [-0.4, -0.2) is 89.2 Å². The summed E-state index contributed by atoms with van der Waals surface area (Å²) in [5, 5.41) is 4.97. The van der Waals surface area contributed by atoms with E-state index in [2.05, 4.69) is 23.8 Å². The Balaban J connectivity index is 4.46. The van der Waals surface area contributed by atoms with Crippen molar-refractivity contribution in [3.8, 4) is 0 Å². The number of carbonyl (C=O) groups is 4. The second-order valence-electron chi connectivity index (χ2n) is 8.20. The van der Waals surface area contributed by atoms with Gasteiger partial charge in [0, 0.05) is 16.6 Å². The first-order valence-corrected chi connectivity index (χ1v) is 10.5. The number of nitrogens with zero attached hydrogens (tertiary/aromatic N) is 1. The highest BCUT2D eigenvalue weighted by atomic mass is 16.6. The van der Waals surface area contributed by atoms with Crippen LogP contribution in [0, 0.1) is 5.41 Å². The normalized spacial score (nSPS) is 10.7. The Labute approximate surface area is 195 Å². The minimum Gasteiger partial charge on any atom is -0.460 e. The molecule has 11 heteroatoms. The number of hydrogen-bond donors (Lipinski definition) is 2. The van der Waals surface area contributed by atoms with Gasteiger partial charge in [0.05, 0.1) is 13.1 Å². The summed E-state index contributed by atoms with van der Waals surface area (Å²) in [6.45, 7) is 12.7. The Hall–Kier alpha value is -3.08. The third-order valence-electron chi connectivity index (χ3n) is 4.17. The number of ether oxygens (including phenoxy) is 4. The van der Waals surface area contributed by atoms with E-state index in [1.165, 1.54) is 13.8 Å². The van der Waals surface area contributed by atoms with Crippen molar-refractivity contribution in [1.29, 1.82) is 0 Å². The highest BCUT2D eigenvalue weighted by Gasteiger charge is 2.28. The van der Waals surface area contributed by atoms with E-state index in [1.54, 1.807) is 0 Å². The molecular weight excluding hydrogens is 434 g/mol. The van der Waals surface area contributed by atoms with E-state index < -0.39 is 29.5 Å². The minimum atomic E-state index is -0.679. The minimum absolute atomic E-state index is 0.00172. The summed E-state index contributed by atoms with van der Waals surface area (Å²) in [4.78, 5) is 48.5. The molecule has 0 unspecified atom stereocenters. The first-order valence-electron chi connectivity index (χ1n) is 10.5. The number of carbonyl (C=O) groups excluding carboxylic acids is 4. The lowest BCUT2D eigenvalue weighted by atomic mass is 9.88.